The molecule has 0 unspecified atom stereocenters. The summed E-state index contributed by atoms with van der Waals surface area (Å²) in [5.41, 5.74) is 4.86. The van der Waals surface area contributed by atoms with Gasteiger partial charge in [-0.05, 0) is 74.5 Å². The minimum atomic E-state index is -0.0638. The Labute approximate surface area is 228 Å². The largest absolute Gasteiger partial charge is 0.497 e. The van der Waals surface area contributed by atoms with Gasteiger partial charge in [-0.15, -0.1) is 24.8 Å². The van der Waals surface area contributed by atoms with Crippen molar-refractivity contribution in [1.29, 1.82) is 0 Å². The maximum Gasteiger partial charge on any atom is 0.255 e. The fourth-order valence-electron chi connectivity index (χ4n) is 5.23. The van der Waals surface area contributed by atoms with Gasteiger partial charge >= 0.3 is 0 Å². The molecule has 3 aromatic heterocycles. The lowest BCUT2D eigenvalue weighted by atomic mass is 10.1. The molecule has 1 aliphatic heterocycles. The van der Waals surface area contributed by atoms with Crippen molar-refractivity contribution in [2.75, 3.05) is 26.7 Å². The fourth-order valence-corrected chi connectivity index (χ4v) is 5.23. The molecule has 7 nitrogen and oxygen atoms in total. The van der Waals surface area contributed by atoms with Crippen molar-refractivity contribution in [1.82, 2.24) is 23.8 Å². The molecule has 0 bridgehead atoms. The Kier molecular flexibility index (Phi) is 7.97. The maximum absolute atomic E-state index is 13.1. The Morgan fingerprint density at radius 2 is 1.68 bits per heavy atom. The highest BCUT2D eigenvalue weighted by Gasteiger charge is 2.13. The molecule has 1 aliphatic rings. The first-order valence-electron chi connectivity index (χ1n) is 12.2. The van der Waals surface area contributed by atoms with Crippen molar-refractivity contribution >= 4 is 46.6 Å². The lowest BCUT2D eigenvalue weighted by Gasteiger charge is -2.14. The van der Waals surface area contributed by atoms with Gasteiger partial charge in [0.15, 0.2) is 0 Å². The number of nitrogens with zero attached hydrogens (tertiary/aromatic N) is 5. The van der Waals surface area contributed by atoms with E-state index in [-0.39, 0.29) is 30.4 Å². The molecule has 6 rings (SSSR count). The van der Waals surface area contributed by atoms with E-state index in [0.29, 0.717) is 0 Å². The molecular weight excluding hydrogens is 509 g/mol. The molecule has 37 heavy (non-hydrogen) atoms. The summed E-state index contributed by atoms with van der Waals surface area (Å²) in [7, 11) is 3.69. The van der Waals surface area contributed by atoms with E-state index < -0.39 is 0 Å². The zero-order valence-electron chi connectivity index (χ0n) is 21.0. The third-order valence-corrected chi connectivity index (χ3v) is 7.20. The van der Waals surface area contributed by atoms with Crippen LogP contribution in [-0.2, 0) is 13.6 Å². The topological polar surface area (TPSA) is 57.2 Å². The molecule has 5 aromatic rings. The first kappa shape index (κ1) is 26.8. The van der Waals surface area contributed by atoms with E-state index in [2.05, 4.69) is 31.4 Å². The lowest BCUT2D eigenvalue weighted by molar-refractivity contribution is 0.318. The van der Waals surface area contributed by atoms with Gasteiger partial charge in [-0.25, -0.2) is 0 Å². The van der Waals surface area contributed by atoms with Gasteiger partial charge in [0.05, 0.1) is 25.4 Å². The first-order chi connectivity index (χ1) is 17.1. The van der Waals surface area contributed by atoms with Crippen molar-refractivity contribution < 1.29 is 4.74 Å². The van der Waals surface area contributed by atoms with Crippen LogP contribution >= 0.6 is 24.8 Å². The summed E-state index contributed by atoms with van der Waals surface area (Å²) in [5.74, 6) is 0.819. The summed E-state index contributed by atoms with van der Waals surface area (Å²) >= 11 is 0. The minimum absolute atomic E-state index is 0. The van der Waals surface area contributed by atoms with Gasteiger partial charge in [-0.1, -0.05) is 0 Å². The predicted molar refractivity (Wildman–Crippen MR) is 154 cm³/mol. The number of benzene rings is 2. The minimum Gasteiger partial charge on any atom is -0.497 e. The highest BCUT2D eigenvalue weighted by Crippen LogP contribution is 2.29. The van der Waals surface area contributed by atoms with Crippen molar-refractivity contribution in [3.05, 3.63) is 77.3 Å². The van der Waals surface area contributed by atoms with Gasteiger partial charge in [-0.3, -0.25) is 14.0 Å². The van der Waals surface area contributed by atoms with E-state index in [9.17, 15) is 4.79 Å². The predicted octanol–water partition coefficient (Wildman–Crippen LogP) is 5.29. The SMILES string of the molecule is COc1ccc2c(c1)cc(-c1ccn(-c3ccc4c(cnn4CCN4CCCC4)c3)c(=O)c1)n2C.Cl.Cl. The van der Waals surface area contributed by atoms with Crippen LogP contribution < -0.4 is 10.3 Å². The summed E-state index contributed by atoms with van der Waals surface area (Å²) in [6.45, 7) is 4.29. The number of hydrogen-bond donors (Lipinski definition) is 0. The van der Waals surface area contributed by atoms with Crippen molar-refractivity contribution in [2.45, 2.75) is 19.4 Å². The normalized spacial score (nSPS) is 13.6. The average Bonchev–Trinajstić information content (AvgIpc) is 3.61. The van der Waals surface area contributed by atoms with Gasteiger partial charge in [0.1, 0.15) is 5.75 Å². The van der Waals surface area contributed by atoms with E-state index >= 15 is 0 Å². The van der Waals surface area contributed by atoms with Crippen LogP contribution in [0, 0.1) is 0 Å². The van der Waals surface area contributed by atoms with Gasteiger partial charge in [0, 0.05) is 59.1 Å². The molecule has 0 spiro atoms. The summed E-state index contributed by atoms with van der Waals surface area (Å²) in [5, 5.41) is 6.73. The zero-order chi connectivity index (χ0) is 23.9. The Morgan fingerprint density at radius 1 is 0.892 bits per heavy atom. The zero-order valence-corrected chi connectivity index (χ0v) is 22.6. The Balaban J connectivity index is 0.00000160. The van der Waals surface area contributed by atoms with Gasteiger partial charge in [-0.2, -0.15) is 5.10 Å². The second kappa shape index (κ2) is 11.0. The summed E-state index contributed by atoms with van der Waals surface area (Å²) in [6, 6.07) is 17.9. The number of halogens is 2. The lowest BCUT2D eigenvalue weighted by Crippen LogP contribution is -2.24. The van der Waals surface area contributed by atoms with Gasteiger partial charge < -0.3 is 14.2 Å². The molecule has 4 heterocycles. The standard InChI is InChI=1S/C28H29N5O2.2ClH/c1-30-25-8-6-24(35-2)16-21(25)17-27(30)20-9-12-32(28(34)18-20)23-5-7-26-22(15-23)19-29-33(26)14-13-31-10-3-4-11-31;;/h5-9,12,15-19H,3-4,10-11,13-14H2,1-2H3;2*1H. The maximum atomic E-state index is 13.1. The number of aryl methyl sites for hydroxylation is 1. The number of pyridine rings is 1. The summed E-state index contributed by atoms with van der Waals surface area (Å²) in [6.07, 6.45) is 6.35. The summed E-state index contributed by atoms with van der Waals surface area (Å²) < 4.78 is 11.2. The molecule has 0 saturated carbocycles. The van der Waals surface area contributed by atoms with Crippen LogP contribution in [0.1, 0.15) is 12.8 Å². The quantitative estimate of drug-likeness (QED) is 0.294. The van der Waals surface area contributed by atoms with E-state index in [1.165, 1.54) is 25.9 Å². The number of likely N-dealkylation sites (tertiary alicyclic amines) is 1. The van der Waals surface area contributed by atoms with Crippen LogP contribution in [0.2, 0.25) is 0 Å². The molecule has 0 amide bonds. The summed E-state index contributed by atoms with van der Waals surface area (Å²) in [4.78, 5) is 15.6. The fraction of sp³-hybridized carbons (Fsp3) is 0.286. The molecule has 2 aromatic carbocycles. The second-order valence-electron chi connectivity index (χ2n) is 9.30. The number of methoxy groups -OCH3 is 1. The van der Waals surface area contributed by atoms with E-state index in [1.54, 1.807) is 17.7 Å². The van der Waals surface area contributed by atoms with Crippen molar-refractivity contribution in [3.8, 4) is 22.7 Å². The van der Waals surface area contributed by atoms with Gasteiger partial charge in [0.2, 0.25) is 0 Å². The van der Waals surface area contributed by atoms with Gasteiger partial charge in [0.25, 0.3) is 5.56 Å². The Bertz CT molecular complexity index is 1600. The molecular formula is C28H31Cl2N5O2. The molecule has 0 aliphatic carbocycles. The Morgan fingerprint density at radius 3 is 2.43 bits per heavy atom. The van der Waals surface area contributed by atoms with Crippen LogP contribution in [0.4, 0.5) is 0 Å². The number of aromatic nitrogens is 4. The van der Waals surface area contributed by atoms with E-state index in [4.69, 9.17) is 4.74 Å². The number of rotatable bonds is 6. The molecule has 9 heteroatoms. The van der Waals surface area contributed by atoms with Crippen LogP contribution in [0.3, 0.4) is 0 Å². The van der Waals surface area contributed by atoms with Crippen LogP contribution in [0.5, 0.6) is 5.75 Å². The van der Waals surface area contributed by atoms with Crippen LogP contribution in [0.15, 0.2) is 71.8 Å². The highest BCUT2D eigenvalue weighted by atomic mass is 35.5. The first-order valence-corrected chi connectivity index (χ1v) is 12.2. The van der Waals surface area contributed by atoms with Crippen LogP contribution in [-0.4, -0.2) is 50.6 Å². The molecule has 0 atom stereocenters. The molecule has 0 radical (unpaired) electrons. The number of fused-ring (bicyclic) bond motifs is 2. The number of hydrogen-bond acceptors (Lipinski definition) is 4. The number of ether oxygens (including phenoxy) is 1. The second-order valence-corrected chi connectivity index (χ2v) is 9.30. The molecule has 1 fully saturated rings. The Hall–Kier alpha value is -3.26. The van der Waals surface area contributed by atoms with Crippen LogP contribution in [0.25, 0.3) is 38.8 Å². The smallest absolute Gasteiger partial charge is 0.255 e. The van der Waals surface area contributed by atoms with Crippen molar-refractivity contribution in [3.63, 3.8) is 0 Å². The van der Waals surface area contributed by atoms with E-state index in [1.807, 2.05) is 55.8 Å². The van der Waals surface area contributed by atoms with Crippen molar-refractivity contribution in [2.24, 2.45) is 7.05 Å². The third-order valence-electron chi connectivity index (χ3n) is 7.20. The monoisotopic (exact) mass is 539 g/mol. The molecule has 194 valence electrons. The average molecular weight is 540 g/mol. The highest BCUT2D eigenvalue weighted by molar-refractivity contribution is 5.88. The van der Waals surface area contributed by atoms with E-state index in [0.717, 1.165) is 57.6 Å². The molecule has 1 saturated heterocycles. The third kappa shape index (κ3) is 4.99. The molecule has 0 N–H and O–H groups in total.